The Bertz CT molecular complexity index is 291. The molecule has 4 atom stereocenters. The molecule has 2 fully saturated rings. The molecule has 1 aliphatic carbocycles. The Morgan fingerprint density at radius 2 is 2.31 bits per heavy atom. The number of carbonyl (C=O) groups excluding carboxylic acids is 1. The molecule has 0 bridgehead atoms. The minimum Gasteiger partial charge on any atom is -0.377 e. The number of carbonyl (C=O) groups is 1. The molecule has 0 radical (unpaired) electrons. The molecule has 3 N–H and O–H groups in total. The molecule has 4 nitrogen and oxygen atoms in total. The number of nitrogens with two attached hydrogens (primary N) is 1. The Labute approximate surface area is 96.9 Å². The van der Waals surface area contributed by atoms with Crippen LogP contribution in [0.5, 0.6) is 0 Å². The van der Waals surface area contributed by atoms with Crippen molar-refractivity contribution in [3.05, 3.63) is 0 Å². The Morgan fingerprint density at radius 1 is 1.62 bits per heavy atom. The van der Waals surface area contributed by atoms with Crippen molar-refractivity contribution in [3.8, 4) is 0 Å². The zero-order chi connectivity index (χ0) is 11.9. The van der Waals surface area contributed by atoms with E-state index in [1.54, 1.807) is 0 Å². The lowest BCUT2D eigenvalue weighted by atomic mass is 9.57. The van der Waals surface area contributed by atoms with Gasteiger partial charge in [-0.25, -0.2) is 0 Å². The van der Waals surface area contributed by atoms with Gasteiger partial charge in [-0.05, 0) is 13.3 Å². The van der Waals surface area contributed by atoms with Crippen molar-refractivity contribution < 1.29 is 9.53 Å². The van der Waals surface area contributed by atoms with Crippen molar-refractivity contribution in [2.24, 2.45) is 17.1 Å². The fourth-order valence-electron chi connectivity index (χ4n) is 3.33. The molecule has 0 spiro atoms. The van der Waals surface area contributed by atoms with E-state index in [0.29, 0.717) is 24.5 Å². The Kier molecular flexibility index (Phi) is 2.97. The summed E-state index contributed by atoms with van der Waals surface area (Å²) in [6.07, 6.45) is 1.94. The van der Waals surface area contributed by atoms with E-state index in [2.05, 4.69) is 19.2 Å². The summed E-state index contributed by atoms with van der Waals surface area (Å²) >= 11 is 0. The average Bonchev–Trinajstić information content (AvgIpc) is 2.59. The molecule has 1 saturated carbocycles. The third-order valence-corrected chi connectivity index (χ3v) is 4.07. The third kappa shape index (κ3) is 1.84. The number of fused-ring (bicyclic) bond motifs is 1. The van der Waals surface area contributed by atoms with Crippen molar-refractivity contribution in [2.45, 2.75) is 51.8 Å². The van der Waals surface area contributed by atoms with Crippen molar-refractivity contribution >= 4 is 5.91 Å². The lowest BCUT2D eigenvalue weighted by Gasteiger charge is -2.55. The second-order valence-corrected chi connectivity index (χ2v) is 5.78. The SMILES string of the molecule is CC(CC(N)=O)NC1C2CCOC2C1(C)C. The lowest BCUT2D eigenvalue weighted by molar-refractivity contribution is -0.122. The predicted molar refractivity (Wildman–Crippen MR) is 61.8 cm³/mol. The molecule has 4 unspecified atom stereocenters. The normalized spacial score (nSPS) is 37.6. The molecular weight excluding hydrogens is 204 g/mol. The second kappa shape index (κ2) is 4.00. The van der Waals surface area contributed by atoms with Crippen LogP contribution in [0.2, 0.25) is 0 Å². The Balaban J connectivity index is 1.92. The highest BCUT2D eigenvalue weighted by Gasteiger charge is 2.59. The summed E-state index contributed by atoms with van der Waals surface area (Å²) in [5, 5.41) is 3.53. The fourth-order valence-corrected chi connectivity index (χ4v) is 3.33. The molecule has 0 aromatic rings. The monoisotopic (exact) mass is 226 g/mol. The number of amides is 1. The minimum absolute atomic E-state index is 0.156. The van der Waals surface area contributed by atoms with Crippen LogP contribution in [-0.2, 0) is 9.53 Å². The topological polar surface area (TPSA) is 64.4 Å². The van der Waals surface area contributed by atoms with Gasteiger partial charge in [0.2, 0.25) is 5.91 Å². The van der Waals surface area contributed by atoms with Crippen LogP contribution in [0, 0.1) is 11.3 Å². The maximum Gasteiger partial charge on any atom is 0.218 e. The third-order valence-electron chi connectivity index (χ3n) is 4.07. The molecule has 2 aliphatic rings. The molecule has 0 aromatic carbocycles. The van der Waals surface area contributed by atoms with Crippen LogP contribution in [0.1, 0.15) is 33.6 Å². The molecule has 0 aromatic heterocycles. The summed E-state index contributed by atoms with van der Waals surface area (Å²) in [6.45, 7) is 7.35. The zero-order valence-electron chi connectivity index (χ0n) is 10.3. The highest BCUT2D eigenvalue weighted by atomic mass is 16.5. The molecule has 1 aliphatic heterocycles. The van der Waals surface area contributed by atoms with E-state index in [-0.39, 0.29) is 17.4 Å². The minimum atomic E-state index is -0.239. The van der Waals surface area contributed by atoms with Gasteiger partial charge in [-0.3, -0.25) is 4.79 Å². The quantitative estimate of drug-likeness (QED) is 0.740. The number of ether oxygens (including phenoxy) is 1. The molecule has 1 saturated heterocycles. The van der Waals surface area contributed by atoms with Gasteiger partial charge in [-0.2, -0.15) is 0 Å². The first-order chi connectivity index (χ1) is 7.43. The predicted octanol–water partition coefficient (Wildman–Crippen LogP) is 0.653. The molecule has 4 heteroatoms. The molecule has 1 amide bonds. The van der Waals surface area contributed by atoms with Gasteiger partial charge in [-0.15, -0.1) is 0 Å². The summed E-state index contributed by atoms with van der Waals surface area (Å²) in [5.41, 5.74) is 5.37. The van der Waals surface area contributed by atoms with Crippen molar-refractivity contribution in [1.29, 1.82) is 0 Å². The van der Waals surface area contributed by atoms with E-state index in [9.17, 15) is 4.79 Å². The Hall–Kier alpha value is -0.610. The van der Waals surface area contributed by atoms with Gasteiger partial charge >= 0.3 is 0 Å². The lowest BCUT2D eigenvalue weighted by Crippen LogP contribution is -2.67. The largest absolute Gasteiger partial charge is 0.377 e. The number of hydrogen-bond acceptors (Lipinski definition) is 3. The summed E-state index contributed by atoms with van der Waals surface area (Å²) in [6, 6.07) is 0.609. The van der Waals surface area contributed by atoms with Crippen LogP contribution in [0.4, 0.5) is 0 Å². The first-order valence-electron chi connectivity index (χ1n) is 6.09. The van der Waals surface area contributed by atoms with Gasteiger partial charge in [-0.1, -0.05) is 13.8 Å². The van der Waals surface area contributed by atoms with Crippen LogP contribution in [0.15, 0.2) is 0 Å². The van der Waals surface area contributed by atoms with Gasteiger partial charge in [0.1, 0.15) is 0 Å². The van der Waals surface area contributed by atoms with Gasteiger partial charge in [0.15, 0.2) is 0 Å². The van der Waals surface area contributed by atoms with Gasteiger partial charge < -0.3 is 15.8 Å². The molecule has 16 heavy (non-hydrogen) atoms. The fraction of sp³-hybridized carbons (Fsp3) is 0.917. The van der Waals surface area contributed by atoms with Gasteiger partial charge in [0.25, 0.3) is 0 Å². The van der Waals surface area contributed by atoms with Crippen LogP contribution >= 0.6 is 0 Å². The molecule has 2 rings (SSSR count). The number of primary amides is 1. The molecular formula is C12H22N2O2. The first-order valence-corrected chi connectivity index (χ1v) is 6.09. The van der Waals surface area contributed by atoms with E-state index >= 15 is 0 Å². The van der Waals surface area contributed by atoms with E-state index in [1.807, 2.05) is 6.92 Å². The van der Waals surface area contributed by atoms with Crippen LogP contribution in [0.25, 0.3) is 0 Å². The second-order valence-electron chi connectivity index (χ2n) is 5.78. The van der Waals surface area contributed by atoms with Crippen LogP contribution < -0.4 is 11.1 Å². The highest BCUT2D eigenvalue weighted by Crippen LogP contribution is 2.52. The van der Waals surface area contributed by atoms with E-state index in [1.165, 1.54) is 0 Å². The van der Waals surface area contributed by atoms with E-state index in [4.69, 9.17) is 10.5 Å². The summed E-state index contributed by atoms with van der Waals surface area (Å²) in [4.78, 5) is 10.8. The number of hydrogen-bond donors (Lipinski definition) is 2. The number of nitrogens with one attached hydrogen (secondary N) is 1. The Morgan fingerprint density at radius 3 is 2.94 bits per heavy atom. The summed E-state index contributed by atoms with van der Waals surface area (Å²) in [7, 11) is 0. The number of rotatable bonds is 4. The smallest absolute Gasteiger partial charge is 0.218 e. The highest BCUT2D eigenvalue weighted by molar-refractivity contribution is 5.74. The van der Waals surface area contributed by atoms with E-state index < -0.39 is 0 Å². The van der Waals surface area contributed by atoms with Crippen LogP contribution in [0.3, 0.4) is 0 Å². The zero-order valence-corrected chi connectivity index (χ0v) is 10.3. The van der Waals surface area contributed by atoms with Gasteiger partial charge in [0, 0.05) is 36.4 Å². The standard InChI is InChI=1S/C12H22N2O2/c1-7(6-9(13)15)14-10-8-4-5-16-11(8)12(10,2)3/h7-8,10-11,14H,4-6H2,1-3H3,(H2,13,15). The van der Waals surface area contributed by atoms with Crippen molar-refractivity contribution in [1.82, 2.24) is 5.32 Å². The molecule has 92 valence electrons. The summed E-state index contributed by atoms with van der Waals surface area (Å²) in [5.74, 6) is 0.377. The van der Waals surface area contributed by atoms with Crippen LogP contribution in [-0.4, -0.2) is 30.7 Å². The average molecular weight is 226 g/mol. The van der Waals surface area contributed by atoms with Crippen molar-refractivity contribution in [2.75, 3.05) is 6.61 Å². The first kappa shape index (κ1) is 11.9. The van der Waals surface area contributed by atoms with E-state index in [0.717, 1.165) is 13.0 Å². The molecule has 1 heterocycles. The maximum atomic E-state index is 10.8. The maximum absolute atomic E-state index is 10.8. The summed E-state index contributed by atoms with van der Waals surface area (Å²) < 4.78 is 5.73. The van der Waals surface area contributed by atoms with Crippen molar-refractivity contribution in [3.63, 3.8) is 0 Å². The van der Waals surface area contributed by atoms with Gasteiger partial charge in [0.05, 0.1) is 6.10 Å².